The van der Waals surface area contributed by atoms with Crippen LogP contribution in [0.4, 0.5) is 0 Å². The Morgan fingerprint density at radius 3 is 2.93 bits per heavy atom. The summed E-state index contributed by atoms with van der Waals surface area (Å²) >= 11 is 3.57. The minimum absolute atomic E-state index is 0.189. The van der Waals surface area contributed by atoms with Gasteiger partial charge in [0.25, 0.3) is 0 Å². The fraction of sp³-hybridized carbons (Fsp3) is 0.273. The molecule has 0 amide bonds. The topological polar surface area (TPSA) is 24.6 Å². The average molecular weight is 254 g/mol. The van der Waals surface area contributed by atoms with Gasteiger partial charge in [0, 0.05) is 29.4 Å². The number of halogens is 1. The molecule has 3 heteroatoms. The molecule has 1 N–H and O–H groups in total. The average Bonchev–Trinajstić information content (AvgIpc) is 2.45. The van der Waals surface area contributed by atoms with Crippen LogP contribution in [-0.2, 0) is 6.42 Å². The van der Waals surface area contributed by atoms with Gasteiger partial charge >= 0.3 is 0 Å². The number of aliphatic hydroxyl groups is 1. The van der Waals surface area contributed by atoms with E-state index in [1.807, 2.05) is 18.3 Å². The van der Waals surface area contributed by atoms with E-state index in [0.717, 1.165) is 9.99 Å². The van der Waals surface area contributed by atoms with E-state index >= 15 is 0 Å². The zero-order valence-corrected chi connectivity index (χ0v) is 9.58. The van der Waals surface area contributed by atoms with Gasteiger partial charge in [-0.2, -0.15) is 0 Å². The molecule has 0 saturated carbocycles. The molecule has 0 aliphatic rings. The van der Waals surface area contributed by atoms with E-state index in [9.17, 15) is 0 Å². The molecule has 14 heavy (non-hydrogen) atoms. The van der Waals surface area contributed by atoms with Gasteiger partial charge in [-0.1, -0.05) is 6.07 Å². The zero-order chi connectivity index (χ0) is 10.1. The maximum Gasteiger partial charge on any atom is 0.0597 e. The second kappa shape index (κ2) is 3.75. The Balaban J connectivity index is 2.74. The summed E-state index contributed by atoms with van der Waals surface area (Å²) in [5.41, 5.74) is 3.55. The number of aromatic nitrogens is 1. The Morgan fingerprint density at radius 1 is 1.43 bits per heavy atom. The first-order valence-electron chi connectivity index (χ1n) is 4.60. The van der Waals surface area contributed by atoms with Crippen molar-refractivity contribution in [2.24, 2.45) is 0 Å². The van der Waals surface area contributed by atoms with Crippen LogP contribution < -0.4 is 0 Å². The van der Waals surface area contributed by atoms with Gasteiger partial charge in [0.1, 0.15) is 0 Å². The van der Waals surface area contributed by atoms with Crippen LogP contribution in [0.3, 0.4) is 0 Å². The van der Waals surface area contributed by atoms with E-state index in [4.69, 9.17) is 5.11 Å². The van der Waals surface area contributed by atoms with Crippen molar-refractivity contribution in [1.29, 1.82) is 0 Å². The number of nitrogens with zero attached hydrogens (tertiary/aromatic N) is 1. The lowest BCUT2D eigenvalue weighted by atomic mass is 10.2. The van der Waals surface area contributed by atoms with Crippen molar-refractivity contribution in [2.45, 2.75) is 13.3 Å². The number of hydrogen-bond donors (Lipinski definition) is 1. The Labute approximate surface area is 91.3 Å². The summed E-state index contributed by atoms with van der Waals surface area (Å²) in [4.78, 5) is 0. The second-order valence-electron chi connectivity index (χ2n) is 3.32. The number of pyridine rings is 1. The molecular formula is C11H12BrNO. The van der Waals surface area contributed by atoms with E-state index in [1.165, 1.54) is 11.3 Å². The van der Waals surface area contributed by atoms with E-state index in [0.29, 0.717) is 6.42 Å². The van der Waals surface area contributed by atoms with Gasteiger partial charge in [-0.3, -0.25) is 0 Å². The fourth-order valence-corrected chi connectivity index (χ4v) is 2.32. The van der Waals surface area contributed by atoms with Crippen LogP contribution in [0.5, 0.6) is 0 Å². The largest absolute Gasteiger partial charge is 0.396 e. The van der Waals surface area contributed by atoms with Gasteiger partial charge in [-0.15, -0.1) is 0 Å². The third-order valence-electron chi connectivity index (χ3n) is 2.49. The third kappa shape index (κ3) is 1.37. The standard InChI is InChI=1S/C11H12BrNO/c1-8-9(5-7-14)13-6-3-2-4-10(13)11(8)12/h2-4,6,14H,5,7H2,1H3. The van der Waals surface area contributed by atoms with Crippen molar-refractivity contribution in [2.75, 3.05) is 6.61 Å². The fourth-order valence-electron chi connectivity index (χ4n) is 1.77. The first-order chi connectivity index (χ1) is 6.75. The van der Waals surface area contributed by atoms with Crippen molar-refractivity contribution >= 4 is 21.4 Å². The summed E-state index contributed by atoms with van der Waals surface area (Å²) in [6.45, 7) is 2.26. The molecule has 0 aliphatic carbocycles. The molecule has 2 aromatic heterocycles. The number of fused-ring (bicyclic) bond motifs is 1. The number of hydrogen-bond acceptors (Lipinski definition) is 1. The molecule has 2 aromatic rings. The number of rotatable bonds is 2. The first-order valence-corrected chi connectivity index (χ1v) is 5.40. The quantitative estimate of drug-likeness (QED) is 0.875. The summed E-state index contributed by atoms with van der Waals surface area (Å²) in [6, 6.07) is 6.08. The molecule has 0 bridgehead atoms. The van der Waals surface area contributed by atoms with Gasteiger partial charge in [-0.05, 0) is 40.5 Å². The van der Waals surface area contributed by atoms with Crippen LogP contribution in [0, 0.1) is 6.92 Å². The molecule has 0 spiro atoms. The monoisotopic (exact) mass is 253 g/mol. The molecular weight excluding hydrogens is 242 g/mol. The van der Waals surface area contributed by atoms with Crippen molar-refractivity contribution in [3.63, 3.8) is 0 Å². The molecule has 74 valence electrons. The molecule has 0 atom stereocenters. The molecule has 2 heterocycles. The zero-order valence-electron chi connectivity index (χ0n) is 8.00. The molecule has 0 radical (unpaired) electrons. The van der Waals surface area contributed by atoms with Gasteiger partial charge in [0.2, 0.25) is 0 Å². The summed E-state index contributed by atoms with van der Waals surface area (Å²) in [5, 5.41) is 8.98. The third-order valence-corrected chi connectivity index (χ3v) is 3.49. The molecule has 0 fully saturated rings. The van der Waals surface area contributed by atoms with Crippen molar-refractivity contribution in [3.8, 4) is 0 Å². The summed E-state index contributed by atoms with van der Waals surface area (Å²) in [6.07, 6.45) is 2.72. The van der Waals surface area contributed by atoms with Gasteiger partial charge in [-0.25, -0.2) is 0 Å². The molecule has 2 rings (SSSR count). The van der Waals surface area contributed by atoms with E-state index in [-0.39, 0.29) is 6.61 Å². The molecule has 2 nitrogen and oxygen atoms in total. The minimum Gasteiger partial charge on any atom is -0.396 e. The highest BCUT2D eigenvalue weighted by Gasteiger charge is 2.11. The van der Waals surface area contributed by atoms with Crippen LogP contribution in [0.1, 0.15) is 11.3 Å². The van der Waals surface area contributed by atoms with Gasteiger partial charge in [0.15, 0.2) is 0 Å². The lowest BCUT2D eigenvalue weighted by Gasteiger charge is -2.00. The Kier molecular flexibility index (Phi) is 2.61. The van der Waals surface area contributed by atoms with Crippen molar-refractivity contribution < 1.29 is 5.11 Å². The minimum atomic E-state index is 0.189. The smallest absolute Gasteiger partial charge is 0.0597 e. The van der Waals surface area contributed by atoms with Crippen LogP contribution in [0.25, 0.3) is 5.52 Å². The Hall–Kier alpha value is -0.800. The normalized spacial score (nSPS) is 11.1. The van der Waals surface area contributed by atoms with Gasteiger partial charge in [0.05, 0.1) is 5.52 Å². The van der Waals surface area contributed by atoms with E-state index in [1.54, 1.807) is 0 Å². The Bertz CT molecular complexity index is 462. The number of aliphatic hydroxyl groups excluding tert-OH is 1. The summed E-state index contributed by atoms with van der Waals surface area (Å²) < 4.78 is 3.25. The molecule has 0 aliphatic heterocycles. The molecule has 0 saturated heterocycles. The van der Waals surface area contributed by atoms with E-state index < -0.39 is 0 Å². The SMILES string of the molecule is Cc1c(Br)c2ccccn2c1CCO. The summed E-state index contributed by atoms with van der Waals surface area (Å²) in [7, 11) is 0. The van der Waals surface area contributed by atoms with Crippen LogP contribution >= 0.6 is 15.9 Å². The van der Waals surface area contributed by atoms with Crippen molar-refractivity contribution in [3.05, 3.63) is 40.1 Å². The van der Waals surface area contributed by atoms with Crippen LogP contribution in [-0.4, -0.2) is 16.1 Å². The second-order valence-corrected chi connectivity index (χ2v) is 4.11. The van der Waals surface area contributed by atoms with Crippen molar-refractivity contribution in [1.82, 2.24) is 4.40 Å². The lowest BCUT2D eigenvalue weighted by Crippen LogP contribution is -1.97. The first kappa shape index (κ1) is 9.74. The maximum atomic E-state index is 8.98. The summed E-state index contributed by atoms with van der Waals surface area (Å²) in [5.74, 6) is 0. The highest BCUT2D eigenvalue weighted by molar-refractivity contribution is 9.10. The highest BCUT2D eigenvalue weighted by Crippen LogP contribution is 2.28. The Morgan fingerprint density at radius 2 is 2.21 bits per heavy atom. The van der Waals surface area contributed by atoms with Crippen LogP contribution in [0.2, 0.25) is 0 Å². The maximum absolute atomic E-state index is 8.98. The highest BCUT2D eigenvalue weighted by atomic mass is 79.9. The van der Waals surface area contributed by atoms with Crippen LogP contribution in [0.15, 0.2) is 28.9 Å². The van der Waals surface area contributed by atoms with E-state index in [2.05, 4.69) is 33.3 Å². The lowest BCUT2D eigenvalue weighted by molar-refractivity contribution is 0.297. The predicted molar refractivity (Wildman–Crippen MR) is 60.6 cm³/mol. The molecule has 0 aromatic carbocycles. The van der Waals surface area contributed by atoms with Gasteiger partial charge < -0.3 is 9.51 Å². The molecule has 0 unspecified atom stereocenters. The predicted octanol–water partition coefficient (Wildman–Crippen LogP) is 2.55.